The molecule has 10 heteroatoms. The van der Waals surface area contributed by atoms with Gasteiger partial charge in [-0.05, 0) is 19.1 Å². The van der Waals surface area contributed by atoms with E-state index in [-0.39, 0.29) is 30.6 Å². The molecule has 1 saturated carbocycles. The average Bonchev–Trinajstić information content (AvgIpc) is 3.13. The first kappa shape index (κ1) is 17.5. The number of nitrogens with zero attached hydrogens (tertiary/aromatic N) is 5. The van der Waals surface area contributed by atoms with Gasteiger partial charge in [0.25, 0.3) is 5.92 Å². The number of hydrogen-bond donors (Lipinski definition) is 1. The first-order chi connectivity index (χ1) is 14.3. The Morgan fingerprint density at radius 1 is 1.13 bits per heavy atom. The molecule has 1 aliphatic carbocycles. The Balaban J connectivity index is 1.65. The van der Waals surface area contributed by atoms with Crippen LogP contribution in [0.25, 0.3) is 33.5 Å². The molecule has 6 nitrogen and oxygen atoms in total. The zero-order chi connectivity index (χ0) is 20.8. The van der Waals surface area contributed by atoms with E-state index in [2.05, 4.69) is 25.3 Å². The first-order valence-corrected chi connectivity index (χ1v) is 9.39. The topological polar surface area (TPSA) is 72.3 Å². The van der Waals surface area contributed by atoms with Crippen LogP contribution in [0.15, 0.2) is 24.5 Å². The smallest absolute Gasteiger partial charge is 0.256 e. The highest BCUT2D eigenvalue weighted by atomic mass is 19.3. The molecule has 1 N–H and O–H groups in total. The second-order valence-corrected chi connectivity index (χ2v) is 8.05. The van der Waals surface area contributed by atoms with E-state index in [0.29, 0.717) is 33.7 Å². The van der Waals surface area contributed by atoms with Gasteiger partial charge in [-0.1, -0.05) is 0 Å². The van der Waals surface area contributed by atoms with Crippen LogP contribution in [0.1, 0.15) is 17.8 Å². The van der Waals surface area contributed by atoms with E-state index in [1.165, 1.54) is 29.9 Å². The molecule has 5 heterocycles. The van der Waals surface area contributed by atoms with Gasteiger partial charge < -0.3 is 0 Å². The third kappa shape index (κ3) is 2.18. The molecular formula is C20H14F4N6. The zero-order valence-electron chi connectivity index (χ0n) is 15.7. The highest BCUT2D eigenvalue weighted by molar-refractivity contribution is 5.98. The van der Waals surface area contributed by atoms with Crippen LogP contribution >= 0.6 is 0 Å². The van der Waals surface area contributed by atoms with Gasteiger partial charge >= 0.3 is 0 Å². The minimum atomic E-state index is -2.77. The Kier molecular flexibility index (Phi) is 3.18. The molecule has 0 amide bonds. The van der Waals surface area contributed by atoms with Crippen molar-refractivity contribution in [3.63, 3.8) is 0 Å². The van der Waals surface area contributed by atoms with Gasteiger partial charge in [-0.3, -0.25) is 14.8 Å². The Morgan fingerprint density at radius 2 is 1.93 bits per heavy atom. The fourth-order valence-corrected chi connectivity index (χ4v) is 4.48. The van der Waals surface area contributed by atoms with Crippen LogP contribution in [0.2, 0.25) is 0 Å². The molecular weight excluding hydrogens is 400 g/mol. The lowest BCUT2D eigenvalue weighted by Crippen LogP contribution is -2.13. The molecule has 1 atom stereocenters. The van der Waals surface area contributed by atoms with Crippen LogP contribution in [0.3, 0.4) is 0 Å². The molecule has 0 bridgehead atoms. The van der Waals surface area contributed by atoms with E-state index >= 15 is 4.39 Å². The van der Waals surface area contributed by atoms with Crippen molar-refractivity contribution in [1.82, 2.24) is 29.9 Å². The fourth-order valence-electron chi connectivity index (χ4n) is 4.48. The minimum absolute atomic E-state index is 0.0454. The van der Waals surface area contributed by atoms with Gasteiger partial charge in [-0.15, -0.1) is 0 Å². The van der Waals surface area contributed by atoms with Gasteiger partial charge in [0, 0.05) is 35.0 Å². The van der Waals surface area contributed by atoms with Gasteiger partial charge in [0.1, 0.15) is 11.5 Å². The number of pyridine rings is 2. The van der Waals surface area contributed by atoms with Crippen molar-refractivity contribution < 1.29 is 17.6 Å². The Bertz CT molecular complexity index is 1340. The van der Waals surface area contributed by atoms with Crippen molar-refractivity contribution in [2.75, 3.05) is 0 Å². The lowest BCUT2D eigenvalue weighted by atomic mass is 9.94. The van der Waals surface area contributed by atoms with Crippen LogP contribution < -0.4 is 0 Å². The van der Waals surface area contributed by atoms with Crippen LogP contribution in [-0.4, -0.2) is 35.9 Å². The summed E-state index contributed by atoms with van der Waals surface area (Å²) in [5.74, 6) is -3.87. The molecule has 1 spiro atoms. The summed E-state index contributed by atoms with van der Waals surface area (Å²) in [5, 5.41) is 11.6. The summed E-state index contributed by atoms with van der Waals surface area (Å²) in [5.41, 5.74) is 1.08. The van der Waals surface area contributed by atoms with E-state index in [4.69, 9.17) is 0 Å². The first-order valence-electron chi connectivity index (χ1n) is 9.39. The molecule has 1 unspecified atom stereocenters. The molecule has 152 valence electrons. The van der Waals surface area contributed by atoms with Gasteiger partial charge in [-0.2, -0.15) is 10.2 Å². The number of hydrogen-bond acceptors (Lipinski definition) is 4. The summed E-state index contributed by atoms with van der Waals surface area (Å²) < 4.78 is 58.5. The number of halogens is 4. The zero-order valence-corrected chi connectivity index (χ0v) is 15.7. The standard InChI is InChI=1S/C20H14F4N6/c1-9-16(22)14(11-6-26-28-18(11)27-9)15-13-4-19(7-20(19,23)24)8-30(13)29-17(15)12-3-2-10(21)5-25-12/h2-3,5-6H,4,7-8H2,1H3,(H,26,27,28). The van der Waals surface area contributed by atoms with Crippen LogP contribution in [0.4, 0.5) is 17.6 Å². The predicted octanol–water partition coefficient (Wildman–Crippen LogP) is 4.05. The number of fused-ring (bicyclic) bond motifs is 2. The highest BCUT2D eigenvalue weighted by Crippen LogP contribution is 2.66. The molecule has 2 aliphatic rings. The maximum Gasteiger partial charge on any atom is 0.256 e. The summed E-state index contributed by atoms with van der Waals surface area (Å²) in [6, 6.07) is 2.67. The maximum atomic E-state index is 15.4. The van der Waals surface area contributed by atoms with Crippen LogP contribution in [-0.2, 0) is 13.0 Å². The third-order valence-corrected chi connectivity index (χ3v) is 6.15. The van der Waals surface area contributed by atoms with Crippen molar-refractivity contribution >= 4 is 11.0 Å². The van der Waals surface area contributed by atoms with Crippen molar-refractivity contribution in [1.29, 1.82) is 0 Å². The molecule has 6 rings (SSSR count). The summed E-state index contributed by atoms with van der Waals surface area (Å²) in [4.78, 5) is 8.26. The van der Waals surface area contributed by atoms with Gasteiger partial charge in [-0.25, -0.2) is 22.5 Å². The molecule has 1 aliphatic heterocycles. The number of aromatic amines is 1. The van der Waals surface area contributed by atoms with Gasteiger partial charge in [0.15, 0.2) is 11.5 Å². The number of aryl methyl sites for hydroxylation is 1. The maximum absolute atomic E-state index is 15.4. The molecule has 30 heavy (non-hydrogen) atoms. The fraction of sp³-hybridized carbons (Fsp3) is 0.300. The molecule has 4 aromatic heterocycles. The molecule has 4 aromatic rings. The van der Waals surface area contributed by atoms with Crippen LogP contribution in [0, 0.1) is 24.0 Å². The summed E-state index contributed by atoms with van der Waals surface area (Å²) in [6.45, 7) is 1.57. The van der Waals surface area contributed by atoms with Crippen molar-refractivity contribution in [3.8, 4) is 22.5 Å². The predicted molar refractivity (Wildman–Crippen MR) is 98.7 cm³/mol. The van der Waals surface area contributed by atoms with E-state index < -0.39 is 23.0 Å². The molecule has 0 radical (unpaired) electrons. The van der Waals surface area contributed by atoms with Crippen molar-refractivity contribution in [2.45, 2.75) is 32.2 Å². The number of aromatic nitrogens is 6. The monoisotopic (exact) mass is 414 g/mol. The molecule has 0 aromatic carbocycles. The van der Waals surface area contributed by atoms with E-state index in [0.717, 1.165) is 6.20 Å². The summed E-state index contributed by atoms with van der Waals surface area (Å²) in [6.07, 6.45) is 2.35. The highest BCUT2D eigenvalue weighted by Gasteiger charge is 2.73. The second-order valence-electron chi connectivity index (χ2n) is 8.05. The van der Waals surface area contributed by atoms with Gasteiger partial charge in [0.2, 0.25) is 0 Å². The quantitative estimate of drug-likeness (QED) is 0.503. The van der Waals surface area contributed by atoms with E-state index in [1.54, 1.807) is 0 Å². The molecule has 0 saturated heterocycles. The summed E-state index contributed by atoms with van der Waals surface area (Å²) >= 11 is 0. The Hall–Kier alpha value is -3.30. The Morgan fingerprint density at radius 3 is 2.63 bits per heavy atom. The average molecular weight is 414 g/mol. The van der Waals surface area contributed by atoms with E-state index in [1.807, 2.05) is 0 Å². The second kappa shape index (κ2) is 5.44. The van der Waals surface area contributed by atoms with Crippen molar-refractivity contribution in [2.24, 2.45) is 5.41 Å². The molecule has 1 fully saturated rings. The van der Waals surface area contributed by atoms with E-state index in [9.17, 15) is 13.2 Å². The number of nitrogens with one attached hydrogen (secondary N) is 1. The lowest BCUT2D eigenvalue weighted by molar-refractivity contribution is 0.0630. The number of H-pyrrole nitrogens is 1. The SMILES string of the molecule is Cc1nc2[nH]ncc2c(-c2c(-c3ccc(F)cn3)nn3c2CC2(C3)CC2(F)F)c1F. The summed E-state index contributed by atoms with van der Waals surface area (Å²) in [7, 11) is 0. The largest absolute Gasteiger partial charge is 0.267 e. The Labute approximate surface area is 167 Å². The number of alkyl halides is 2. The lowest BCUT2D eigenvalue weighted by Gasteiger charge is -2.11. The van der Waals surface area contributed by atoms with Crippen molar-refractivity contribution in [3.05, 3.63) is 47.5 Å². The van der Waals surface area contributed by atoms with Gasteiger partial charge in [0.05, 0.1) is 35.7 Å². The number of rotatable bonds is 2. The normalized spacial score (nSPS) is 21.5. The minimum Gasteiger partial charge on any atom is -0.267 e. The van der Waals surface area contributed by atoms with Crippen LogP contribution in [0.5, 0.6) is 0 Å². The third-order valence-electron chi connectivity index (χ3n) is 6.15.